The molecule has 0 atom stereocenters. The lowest BCUT2D eigenvalue weighted by Crippen LogP contribution is -2.22. The molecule has 3 aromatic heterocycles. The van der Waals surface area contributed by atoms with E-state index in [9.17, 15) is 14.7 Å². The summed E-state index contributed by atoms with van der Waals surface area (Å²) in [6.07, 6.45) is 1.68. The minimum Gasteiger partial charge on any atom is -0.395 e. The topological polar surface area (TPSA) is 125 Å². The summed E-state index contributed by atoms with van der Waals surface area (Å²) in [5, 5.41) is 26.3. The van der Waals surface area contributed by atoms with Crippen LogP contribution in [0, 0.1) is 0 Å². The number of aliphatic hydroxyl groups excluding tert-OH is 1. The van der Waals surface area contributed by atoms with Gasteiger partial charge in [0.25, 0.3) is 11.5 Å². The van der Waals surface area contributed by atoms with Gasteiger partial charge in [-0.15, -0.1) is 11.3 Å². The van der Waals surface area contributed by atoms with Gasteiger partial charge in [-0.05, 0) is 36.4 Å². The fourth-order valence-corrected chi connectivity index (χ4v) is 4.10. The monoisotopic (exact) mass is 470 g/mol. The Morgan fingerprint density at radius 2 is 2.06 bits per heavy atom. The molecule has 0 aliphatic heterocycles. The molecule has 0 spiro atoms. The number of aliphatic hydroxyl groups is 1. The molecule has 0 fully saturated rings. The maximum atomic E-state index is 12.4. The molecule has 4 aromatic rings. The number of benzene rings is 1. The van der Waals surface area contributed by atoms with E-state index in [-0.39, 0.29) is 24.6 Å². The van der Waals surface area contributed by atoms with Crippen LogP contribution in [0.25, 0.3) is 16.9 Å². The molecule has 4 N–H and O–H groups in total. The first-order valence-corrected chi connectivity index (χ1v) is 10.9. The molecule has 0 saturated heterocycles. The van der Waals surface area contributed by atoms with Gasteiger partial charge in [-0.3, -0.25) is 14.2 Å². The standard InChI is InChI=1S/C21H19ClN6O3S/c22-18-7-6-17(32-18)21(31)24-12-16-20(26-27-25-16)14-5-4-13(11-15(14)23-8-10-29)28-9-2-1-3-19(28)30/h1-7,9,11,23,29H,8,10,12H2,(H,24,31)(H,25,26,27). The number of pyridine rings is 1. The van der Waals surface area contributed by atoms with E-state index in [2.05, 4.69) is 26.0 Å². The molecule has 0 aliphatic carbocycles. The molecule has 164 valence electrons. The quantitative estimate of drug-likeness (QED) is 0.314. The van der Waals surface area contributed by atoms with Crippen LogP contribution in [0.4, 0.5) is 5.69 Å². The summed E-state index contributed by atoms with van der Waals surface area (Å²) in [5.74, 6) is -0.256. The Hall–Kier alpha value is -3.47. The van der Waals surface area contributed by atoms with Crippen molar-refractivity contribution in [3.05, 3.63) is 80.0 Å². The number of thiophene rings is 1. The predicted octanol–water partition coefficient (Wildman–Crippen LogP) is 2.67. The van der Waals surface area contributed by atoms with Crippen molar-refractivity contribution in [1.82, 2.24) is 25.3 Å². The van der Waals surface area contributed by atoms with Crippen molar-refractivity contribution in [3.8, 4) is 16.9 Å². The Balaban J connectivity index is 1.63. The normalized spacial score (nSPS) is 10.8. The minimum atomic E-state index is -0.256. The fourth-order valence-electron chi connectivity index (χ4n) is 3.15. The van der Waals surface area contributed by atoms with Crippen molar-refractivity contribution in [1.29, 1.82) is 0 Å². The molecule has 11 heteroatoms. The SMILES string of the molecule is O=C(NCc1n[nH]nc1-c1ccc(-n2ccccc2=O)cc1NCCO)c1ccc(Cl)s1. The average Bonchev–Trinajstić information content (AvgIpc) is 3.45. The number of carbonyl (C=O) groups excluding carboxylic acids is 1. The third-order valence-corrected chi connectivity index (χ3v) is 5.85. The summed E-state index contributed by atoms with van der Waals surface area (Å²) in [7, 11) is 0. The smallest absolute Gasteiger partial charge is 0.261 e. The number of H-pyrrole nitrogens is 1. The van der Waals surface area contributed by atoms with Crippen LogP contribution in [0.15, 0.2) is 59.5 Å². The van der Waals surface area contributed by atoms with Crippen LogP contribution < -0.4 is 16.2 Å². The first-order chi connectivity index (χ1) is 15.6. The van der Waals surface area contributed by atoms with Gasteiger partial charge in [0.1, 0.15) is 11.4 Å². The van der Waals surface area contributed by atoms with Crippen molar-refractivity contribution in [2.75, 3.05) is 18.5 Å². The van der Waals surface area contributed by atoms with Crippen LogP contribution in [0.5, 0.6) is 0 Å². The van der Waals surface area contributed by atoms with E-state index in [0.29, 0.717) is 44.1 Å². The van der Waals surface area contributed by atoms with Crippen LogP contribution in [-0.2, 0) is 6.54 Å². The van der Waals surface area contributed by atoms with Crippen molar-refractivity contribution >= 4 is 34.5 Å². The van der Waals surface area contributed by atoms with E-state index in [0.717, 1.165) is 0 Å². The molecular weight excluding hydrogens is 452 g/mol. The number of rotatable bonds is 8. The molecule has 1 amide bonds. The number of nitrogens with zero attached hydrogens (tertiary/aromatic N) is 3. The first-order valence-electron chi connectivity index (χ1n) is 9.67. The molecule has 0 aliphatic rings. The summed E-state index contributed by atoms with van der Waals surface area (Å²) in [4.78, 5) is 25.1. The fraction of sp³-hybridized carbons (Fsp3) is 0.143. The molecular formula is C21H19ClN6O3S. The summed E-state index contributed by atoms with van der Waals surface area (Å²) in [5.41, 5.74) is 2.96. The molecule has 1 aromatic carbocycles. The van der Waals surface area contributed by atoms with Crippen molar-refractivity contribution in [2.24, 2.45) is 0 Å². The van der Waals surface area contributed by atoms with Gasteiger partial charge in [-0.1, -0.05) is 17.7 Å². The van der Waals surface area contributed by atoms with Crippen LogP contribution in [0.2, 0.25) is 4.34 Å². The van der Waals surface area contributed by atoms with Gasteiger partial charge < -0.3 is 15.7 Å². The van der Waals surface area contributed by atoms with Gasteiger partial charge in [-0.2, -0.15) is 15.4 Å². The molecule has 0 unspecified atom stereocenters. The summed E-state index contributed by atoms with van der Waals surface area (Å²) in [6, 6.07) is 13.7. The van der Waals surface area contributed by atoms with E-state index >= 15 is 0 Å². The van der Waals surface area contributed by atoms with E-state index < -0.39 is 0 Å². The summed E-state index contributed by atoms with van der Waals surface area (Å²) >= 11 is 7.09. The molecule has 4 rings (SSSR count). The lowest BCUT2D eigenvalue weighted by Gasteiger charge is -2.14. The second kappa shape index (κ2) is 9.77. The molecule has 3 heterocycles. The second-order valence-corrected chi connectivity index (χ2v) is 8.41. The number of amides is 1. The minimum absolute atomic E-state index is 0.0694. The van der Waals surface area contributed by atoms with Crippen LogP contribution in [0.3, 0.4) is 0 Å². The number of aromatic nitrogens is 4. The Morgan fingerprint density at radius 3 is 2.81 bits per heavy atom. The number of nitrogens with one attached hydrogen (secondary N) is 3. The Labute approximate surface area is 191 Å². The number of hydrogen-bond donors (Lipinski definition) is 4. The van der Waals surface area contributed by atoms with E-state index in [1.807, 2.05) is 6.07 Å². The number of anilines is 1. The van der Waals surface area contributed by atoms with Gasteiger partial charge in [0.15, 0.2) is 0 Å². The van der Waals surface area contributed by atoms with Gasteiger partial charge in [0, 0.05) is 30.1 Å². The lowest BCUT2D eigenvalue weighted by atomic mass is 10.1. The first kappa shape index (κ1) is 21.8. The van der Waals surface area contributed by atoms with Crippen molar-refractivity contribution < 1.29 is 9.90 Å². The highest BCUT2D eigenvalue weighted by molar-refractivity contribution is 7.17. The highest BCUT2D eigenvalue weighted by Crippen LogP contribution is 2.30. The Bertz CT molecular complexity index is 1300. The van der Waals surface area contributed by atoms with Gasteiger partial charge >= 0.3 is 0 Å². The van der Waals surface area contributed by atoms with Crippen LogP contribution in [-0.4, -0.2) is 44.1 Å². The molecule has 32 heavy (non-hydrogen) atoms. The van der Waals surface area contributed by atoms with Gasteiger partial charge in [0.2, 0.25) is 0 Å². The maximum absolute atomic E-state index is 12.4. The van der Waals surface area contributed by atoms with Gasteiger partial charge in [0.05, 0.1) is 28.1 Å². The molecule has 0 radical (unpaired) electrons. The zero-order valence-corrected chi connectivity index (χ0v) is 18.3. The van der Waals surface area contributed by atoms with E-state index in [4.69, 9.17) is 11.6 Å². The average molecular weight is 471 g/mol. The molecule has 0 saturated carbocycles. The van der Waals surface area contributed by atoms with Crippen molar-refractivity contribution in [3.63, 3.8) is 0 Å². The summed E-state index contributed by atoms with van der Waals surface area (Å²) < 4.78 is 2.05. The Morgan fingerprint density at radius 1 is 1.19 bits per heavy atom. The van der Waals surface area contributed by atoms with Gasteiger partial charge in [-0.25, -0.2) is 0 Å². The highest BCUT2D eigenvalue weighted by Gasteiger charge is 2.17. The molecule has 9 nitrogen and oxygen atoms in total. The number of hydrogen-bond acceptors (Lipinski definition) is 7. The third kappa shape index (κ3) is 4.72. The largest absolute Gasteiger partial charge is 0.395 e. The zero-order chi connectivity index (χ0) is 22.5. The maximum Gasteiger partial charge on any atom is 0.261 e. The zero-order valence-electron chi connectivity index (χ0n) is 16.7. The van der Waals surface area contributed by atoms with Crippen LogP contribution in [0.1, 0.15) is 15.4 Å². The predicted molar refractivity (Wildman–Crippen MR) is 123 cm³/mol. The van der Waals surface area contributed by atoms with E-state index in [1.54, 1.807) is 42.6 Å². The molecule has 0 bridgehead atoms. The van der Waals surface area contributed by atoms with Crippen LogP contribution >= 0.6 is 22.9 Å². The number of aromatic amines is 1. The lowest BCUT2D eigenvalue weighted by molar-refractivity contribution is 0.0954. The number of halogens is 1. The third-order valence-electron chi connectivity index (χ3n) is 4.62. The van der Waals surface area contributed by atoms with Crippen molar-refractivity contribution in [2.45, 2.75) is 6.54 Å². The van der Waals surface area contributed by atoms with E-state index in [1.165, 1.54) is 22.0 Å². The highest BCUT2D eigenvalue weighted by atomic mass is 35.5. The Kier molecular flexibility index (Phi) is 6.64. The number of carbonyl (C=O) groups is 1. The summed E-state index contributed by atoms with van der Waals surface area (Å²) in [6.45, 7) is 0.392. The second-order valence-electron chi connectivity index (χ2n) is 6.69.